The summed E-state index contributed by atoms with van der Waals surface area (Å²) in [5.41, 5.74) is -1.12. The molecule has 0 fully saturated rings. The predicted octanol–water partition coefficient (Wildman–Crippen LogP) is 2.62. The summed E-state index contributed by atoms with van der Waals surface area (Å²) in [5.74, 6) is -0.180. The SMILES string of the molecule is CCS(=O)(=O)Nc1ccc(C(F)(F)F)nc1Br. The summed E-state index contributed by atoms with van der Waals surface area (Å²) < 4.78 is 61.2. The Morgan fingerprint density at radius 2 is 2.00 bits per heavy atom. The molecule has 1 N–H and O–H groups in total. The van der Waals surface area contributed by atoms with E-state index in [0.717, 1.165) is 6.07 Å². The van der Waals surface area contributed by atoms with Gasteiger partial charge in [-0.05, 0) is 35.0 Å². The Balaban J connectivity index is 3.07. The molecule has 0 bridgehead atoms. The molecular weight excluding hydrogens is 325 g/mol. The molecule has 0 aliphatic heterocycles. The zero-order valence-electron chi connectivity index (χ0n) is 8.55. The number of nitrogens with zero attached hydrogens (tertiary/aromatic N) is 1. The highest BCUT2D eigenvalue weighted by Gasteiger charge is 2.33. The summed E-state index contributed by atoms with van der Waals surface area (Å²) in [6, 6.07) is 1.71. The van der Waals surface area contributed by atoms with Gasteiger partial charge < -0.3 is 0 Å². The Morgan fingerprint density at radius 1 is 1.41 bits per heavy atom. The standard InChI is InChI=1S/C8H8BrF3N2O2S/c1-2-17(15,16)14-5-3-4-6(8(10,11)12)13-7(5)9/h3-4,14H,2H2,1H3. The maximum atomic E-state index is 12.3. The van der Waals surface area contributed by atoms with Crippen LogP contribution in [0.5, 0.6) is 0 Å². The van der Waals surface area contributed by atoms with E-state index in [2.05, 4.69) is 25.6 Å². The lowest BCUT2D eigenvalue weighted by Gasteiger charge is -2.10. The van der Waals surface area contributed by atoms with Gasteiger partial charge in [0.2, 0.25) is 10.0 Å². The highest BCUT2D eigenvalue weighted by Crippen LogP contribution is 2.31. The van der Waals surface area contributed by atoms with E-state index in [1.165, 1.54) is 6.92 Å². The Hall–Kier alpha value is -0.830. The lowest BCUT2D eigenvalue weighted by Crippen LogP contribution is -2.16. The number of rotatable bonds is 3. The minimum atomic E-state index is -4.56. The van der Waals surface area contributed by atoms with Gasteiger partial charge in [0.25, 0.3) is 0 Å². The van der Waals surface area contributed by atoms with E-state index in [1.807, 2.05) is 0 Å². The molecule has 9 heteroatoms. The molecule has 0 atom stereocenters. The van der Waals surface area contributed by atoms with Crippen molar-refractivity contribution in [1.82, 2.24) is 4.98 Å². The third-order valence-corrected chi connectivity index (χ3v) is 3.68. The Kier molecular flexibility index (Phi) is 4.03. The van der Waals surface area contributed by atoms with Gasteiger partial charge >= 0.3 is 6.18 Å². The van der Waals surface area contributed by atoms with Gasteiger partial charge in [0.1, 0.15) is 10.3 Å². The molecule has 0 saturated heterocycles. The molecular formula is C8H8BrF3N2O2S. The van der Waals surface area contributed by atoms with Crippen LogP contribution in [0, 0.1) is 0 Å². The number of alkyl halides is 3. The second kappa shape index (κ2) is 4.81. The molecule has 1 aromatic heterocycles. The molecule has 0 aliphatic rings. The van der Waals surface area contributed by atoms with E-state index in [1.54, 1.807) is 0 Å². The average Bonchev–Trinajstić information content (AvgIpc) is 2.19. The fraction of sp³-hybridized carbons (Fsp3) is 0.375. The largest absolute Gasteiger partial charge is 0.433 e. The minimum absolute atomic E-state index is 0.0279. The summed E-state index contributed by atoms with van der Waals surface area (Å²) >= 11 is 2.78. The number of hydrogen-bond acceptors (Lipinski definition) is 3. The van der Waals surface area contributed by atoms with Gasteiger partial charge in [0, 0.05) is 0 Å². The van der Waals surface area contributed by atoms with E-state index in [0.29, 0.717) is 6.07 Å². The molecule has 0 saturated carbocycles. The van der Waals surface area contributed by atoms with Crippen LogP contribution in [-0.2, 0) is 16.2 Å². The summed E-state index contributed by atoms with van der Waals surface area (Å²) in [6.45, 7) is 1.41. The number of pyridine rings is 1. The summed E-state index contributed by atoms with van der Waals surface area (Å²) in [5, 5.41) is 0. The van der Waals surface area contributed by atoms with Crippen LogP contribution in [0.3, 0.4) is 0 Å². The third kappa shape index (κ3) is 3.84. The van der Waals surface area contributed by atoms with E-state index in [9.17, 15) is 21.6 Å². The molecule has 1 heterocycles. The van der Waals surface area contributed by atoms with Crippen LogP contribution in [0.2, 0.25) is 0 Å². The smallest absolute Gasteiger partial charge is 0.281 e. The fourth-order valence-electron chi connectivity index (χ4n) is 0.908. The zero-order chi connectivity index (χ0) is 13.3. The van der Waals surface area contributed by atoms with Gasteiger partial charge in [-0.25, -0.2) is 13.4 Å². The average molecular weight is 333 g/mol. The first-order chi connectivity index (χ1) is 7.65. The first-order valence-electron chi connectivity index (χ1n) is 4.40. The van der Waals surface area contributed by atoms with Gasteiger partial charge in [-0.2, -0.15) is 13.2 Å². The van der Waals surface area contributed by atoms with Crippen LogP contribution in [0.4, 0.5) is 18.9 Å². The topological polar surface area (TPSA) is 59.1 Å². The van der Waals surface area contributed by atoms with Crippen LogP contribution in [0.15, 0.2) is 16.7 Å². The second-order valence-electron chi connectivity index (χ2n) is 3.04. The highest BCUT2D eigenvalue weighted by molar-refractivity contribution is 9.10. The van der Waals surface area contributed by atoms with Crippen molar-refractivity contribution < 1.29 is 21.6 Å². The van der Waals surface area contributed by atoms with Crippen molar-refractivity contribution in [3.8, 4) is 0 Å². The minimum Gasteiger partial charge on any atom is -0.281 e. The van der Waals surface area contributed by atoms with Crippen molar-refractivity contribution in [1.29, 1.82) is 0 Å². The van der Waals surface area contributed by atoms with Crippen LogP contribution >= 0.6 is 15.9 Å². The number of aromatic nitrogens is 1. The van der Waals surface area contributed by atoms with Crippen LogP contribution in [-0.4, -0.2) is 19.2 Å². The first-order valence-corrected chi connectivity index (χ1v) is 6.84. The van der Waals surface area contributed by atoms with Gasteiger partial charge in [-0.1, -0.05) is 0 Å². The Labute approximate surface area is 104 Å². The summed E-state index contributed by atoms with van der Waals surface area (Å²) in [6.07, 6.45) is -4.56. The van der Waals surface area contributed by atoms with Gasteiger partial charge in [0.15, 0.2) is 0 Å². The van der Waals surface area contributed by atoms with E-state index in [-0.39, 0.29) is 16.0 Å². The molecule has 1 aromatic rings. The number of anilines is 1. The maximum Gasteiger partial charge on any atom is 0.433 e. The number of nitrogens with one attached hydrogen (secondary N) is 1. The molecule has 0 aliphatic carbocycles. The van der Waals surface area contributed by atoms with E-state index in [4.69, 9.17) is 0 Å². The van der Waals surface area contributed by atoms with Crippen LogP contribution in [0.25, 0.3) is 0 Å². The summed E-state index contributed by atoms with van der Waals surface area (Å²) in [4.78, 5) is 3.23. The molecule has 1 rings (SSSR count). The molecule has 96 valence electrons. The van der Waals surface area contributed by atoms with Crippen molar-refractivity contribution in [3.05, 3.63) is 22.4 Å². The predicted molar refractivity (Wildman–Crippen MR) is 60.0 cm³/mol. The molecule has 0 radical (unpaired) electrons. The molecule has 17 heavy (non-hydrogen) atoms. The number of hydrogen-bond donors (Lipinski definition) is 1. The maximum absolute atomic E-state index is 12.3. The normalized spacial score (nSPS) is 12.5. The fourth-order valence-corrected chi connectivity index (χ4v) is 2.11. The van der Waals surface area contributed by atoms with Gasteiger partial charge in [0.05, 0.1) is 11.4 Å². The van der Waals surface area contributed by atoms with E-state index >= 15 is 0 Å². The van der Waals surface area contributed by atoms with Crippen molar-refractivity contribution in [2.75, 3.05) is 10.5 Å². The lowest BCUT2D eigenvalue weighted by molar-refractivity contribution is -0.141. The molecule has 4 nitrogen and oxygen atoms in total. The van der Waals surface area contributed by atoms with Gasteiger partial charge in [-0.3, -0.25) is 4.72 Å². The Morgan fingerprint density at radius 3 is 2.41 bits per heavy atom. The van der Waals surface area contributed by atoms with Crippen LogP contribution in [0.1, 0.15) is 12.6 Å². The summed E-state index contributed by atoms with van der Waals surface area (Å²) in [7, 11) is -3.54. The number of sulfonamides is 1. The van der Waals surface area contributed by atoms with Crippen molar-refractivity contribution >= 4 is 31.6 Å². The second-order valence-corrected chi connectivity index (χ2v) is 5.80. The molecule has 0 amide bonds. The molecule has 0 aromatic carbocycles. The molecule has 0 unspecified atom stereocenters. The lowest BCUT2D eigenvalue weighted by atomic mass is 10.3. The zero-order valence-corrected chi connectivity index (χ0v) is 10.9. The molecule has 0 spiro atoms. The van der Waals surface area contributed by atoms with Crippen molar-refractivity contribution in [2.24, 2.45) is 0 Å². The quantitative estimate of drug-likeness (QED) is 0.865. The van der Waals surface area contributed by atoms with Crippen LogP contribution < -0.4 is 4.72 Å². The number of halogens is 4. The first kappa shape index (κ1) is 14.2. The van der Waals surface area contributed by atoms with Crippen molar-refractivity contribution in [2.45, 2.75) is 13.1 Å². The van der Waals surface area contributed by atoms with Gasteiger partial charge in [-0.15, -0.1) is 0 Å². The van der Waals surface area contributed by atoms with E-state index < -0.39 is 21.9 Å². The Bertz CT molecular complexity index is 516. The van der Waals surface area contributed by atoms with Crippen molar-refractivity contribution in [3.63, 3.8) is 0 Å². The monoisotopic (exact) mass is 332 g/mol. The third-order valence-electron chi connectivity index (χ3n) is 1.78. The highest BCUT2D eigenvalue weighted by atomic mass is 79.9.